The van der Waals surface area contributed by atoms with Crippen molar-refractivity contribution in [1.82, 2.24) is 0 Å². The Morgan fingerprint density at radius 2 is 2.07 bits per heavy atom. The molecule has 0 fully saturated rings. The van der Waals surface area contributed by atoms with Crippen molar-refractivity contribution in [2.24, 2.45) is 0 Å². The van der Waals surface area contributed by atoms with Gasteiger partial charge < -0.3 is 10.8 Å². The van der Waals surface area contributed by atoms with Crippen LogP contribution in [0.2, 0.25) is 0 Å². The van der Waals surface area contributed by atoms with Gasteiger partial charge in [0.25, 0.3) is 0 Å². The van der Waals surface area contributed by atoms with Gasteiger partial charge >= 0.3 is 5.97 Å². The summed E-state index contributed by atoms with van der Waals surface area (Å²) < 4.78 is 25.6. The topological polar surface area (TPSA) is 63.3 Å². The molecule has 3 nitrogen and oxygen atoms in total. The smallest absolute Gasteiger partial charge is 0.303 e. The molecule has 5 heteroatoms. The second-order valence-corrected chi connectivity index (χ2v) is 3.23. The minimum absolute atomic E-state index is 0.00109. The van der Waals surface area contributed by atoms with E-state index in [9.17, 15) is 13.6 Å². The molecule has 0 aliphatic rings. The van der Waals surface area contributed by atoms with Gasteiger partial charge in [-0.1, -0.05) is 0 Å². The van der Waals surface area contributed by atoms with E-state index in [1.165, 1.54) is 6.07 Å². The summed E-state index contributed by atoms with van der Waals surface area (Å²) in [6.45, 7) is 0. The first-order chi connectivity index (χ1) is 7.00. The van der Waals surface area contributed by atoms with Crippen LogP contribution in [0.4, 0.5) is 14.5 Å². The van der Waals surface area contributed by atoms with Crippen LogP contribution in [0.5, 0.6) is 0 Å². The second-order valence-electron chi connectivity index (χ2n) is 3.23. The molecular formula is C10H11F2NO2. The number of aliphatic carboxylic acids is 1. The molecule has 0 aliphatic carbocycles. The minimum atomic E-state index is -1.06. The van der Waals surface area contributed by atoms with Crippen molar-refractivity contribution in [2.45, 2.75) is 19.3 Å². The highest BCUT2D eigenvalue weighted by molar-refractivity contribution is 5.66. The van der Waals surface area contributed by atoms with Crippen LogP contribution in [0.25, 0.3) is 0 Å². The maximum absolute atomic E-state index is 12.9. The molecule has 0 amide bonds. The number of nitrogens with two attached hydrogens (primary N) is 1. The number of anilines is 1. The molecule has 0 spiro atoms. The highest BCUT2D eigenvalue weighted by Crippen LogP contribution is 2.18. The van der Waals surface area contributed by atoms with E-state index >= 15 is 0 Å². The van der Waals surface area contributed by atoms with E-state index in [2.05, 4.69) is 0 Å². The number of nitrogen functional groups attached to an aromatic ring is 1. The zero-order valence-electron chi connectivity index (χ0n) is 7.96. The first-order valence-electron chi connectivity index (χ1n) is 4.46. The van der Waals surface area contributed by atoms with Gasteiger partial charge in [0.1, 0.15) is 0 Å². The number of hydrogen-bond donors (Lipinski definition) is 2. The largest absolute Gasteiger partial charge is 0.481 e. The summed E-state index contributed by atoms with van der Waals surface area (Å²) in [4.78, 5) is 10.2. The molecule has 0 atom stereocenters. The predicted molar refractivity (Wildman–Crippen MR) is 51.3 cm³/mol. The molecule has 0 heterocycles. The molecule has 1 aromatic carbocycles. The van der Waals surface area contributed by atoms with Gasteiger partial charge in [-0.05, 0) is 30.5 Å². The molecule has 0 saturated heterocycles. The molecule has 1 aromatic rings. The number of carboxylic acid groups (broad SMARTS) is 1. The zero-order valence-corrected chi connectivity index (χ0v) is 7.96. The summed E-state index contributed by atoms with van der Waals surface area (Å²) in [5.41, 5.74) is 5.48. The Hall–Kier alpha value is -1.65. The van der Waals surface area contributed by atoms with Crippen LogP contribution in [0.15, 0.2) is 12.1 Å². The average Bonchev–Trinajstić information content (AvgIpc) is 2.13. The summed E-state index contributed by atoms with van der Waals surface area (Å²) in [5.74, 6) is -2.97. The number of hydrogen-bond acceptors (Lipinski definition) is 2. The molecule has 0 saturated carbocycles. The third-order valence-corrected chi connectivity index (χ3v) is 1.97. The third-order valence-electron chi connectivity index (χ3n) is 1.97. The molecule has 0 unspecified atom stereocenters. The Kier molecular flexibility index (Phi) is 3.60. The van der Waals surface area contributed by atoms with Gasteiger partial charge in [-0.2, -0.15) is 0 Å². The van der Waals surface area contributed by atoms with E-state index in [4.69, 9.17) is 10.8 Å². The van der Waals surface area contributed by atoms with Crippen LogP contribution in [0.3, 0.4) is 0 Å². The molecule has 0 aliphatic heterocycles. The highest BCUT2D eigenvalue weighted by Gasteiger charge is 2.08. The van der Waals surface area contributed by atoms with Gasteiger partial charge in [0.15, 0.2) is 11.6 Å². The second kappa shape index (κ2) is 4.72. The zero-order chi connectivity index (χ0) is 11.4. The van der Waals surface area contributed by atoms with Crippen molar-refractivity contribution in [3.8, 4) is 0 Å². The number of carboxylic acids is 1. The minimum Gasteiger partial charge on any atom is -0.481 e. The van der Waals surface area contributed by atoms with Gasteiger partial charge in [-0.15, -0.1) is 0 Å². The summed E-state index contributed by atoms with van der Waals surface area (Å²) >= 11 is 0. The molecular weight excluding hydrogens is 204 g/mol. The van der Waals surface area contributed by atoms with Crippen LogP contribution in [-0.2, 0) is 11.2 Å². The van der Waals surface area contributed by atoms with Crippen molar-refractivity contribution in [3.05, 3.63) is 29.3 Å². The van der Waals surface area contributed by atoms with Crippen LogP contribution in [0.1, 0.15) is 18.4 Å². The maximum Gasteiger partial charge on any atom is 0.303 e. The fourth-order valence-electron chi connectivity index (χ4n) is 1.26. The van der Waals surface area contributed by atoms with Gasteiger partial charge in [0.2, 0.25) is 0 Å². The number of halogens is 2. The van der Waals surface area contributed by atoms with Crippen molar-refractivity contribution in [3.63, 3.8) is 0 Å². The van der Waals surface area contributed by atoms with E-state index < -0.39 is 17.6 Å². The average molecular weight is 215 g/mol. The Morgan fingerprint density at radius 3 is 2.60 bits per heavy atom. The fourth-order valence-corrected chi connectivity index (χ4v) is 1.26. The van der Waals surface area contributed by atoms with E-state index in [1.807, 2.05) is 0 Å². The monoisotopic (exact) mass is 215 g/mol. The quantitative estimate of drug-likeness (QED) is 0.754. The van der Waals surface area contributed by atoms with Crippen molar-refractivity contribution < 1.29 is 18.7 Å². The van der Waals surface area contributed by atoms with Gasteiger partial charge in [0.05, 0.1) is 5.69 Å². The fraction of sp³-hybridized carbons (Fsp3) is 0.300. The van der Waals surface area contributed by atoms with Crippen LogP contribution < -0.4 is 5.73 Å². The first-order valence-corrected chi connectivity index (χ1v) is 4.46. The van der Waals surface area contributed by atoms with Gasteiger partial charge in [-0.3, -0.25) is 4.79 Å². The number of rotatable bonds is 4. The SMILES string of the molecule is Nc1cc(CCCC(=O)O)cc(F)c1F. The Bertz CT molecular complexity index is 357. The van der Waals surface area contributed by atoms with Crippen LogP contribution in [0, 0.1) is 11.6 Å². The van der Waals surface area contributed by atoms with Crippen molar-refractivity contribution in [2.75, 3.05) is 5.73 Å². The molecule has 0 aromatic heterocycles. The predicted octanol–water partition coefficient (Wildman–Crippen LogP) is 1.95. The summed E-state index contributed by atoms with van der Waals surface area (Å²) in [6, 6.07) is 2.35. The lowest BCUT2D eigenvalue weighted by molar-refractivity contribution is -0.137. The Balaban J connectivity index is 2.66. The van der Waals surface area contributed by atoms with Crippen LogP contribution in [-0.4, -0.2) is 11.1 Å². The third kappa shape index (κ3) is 3.19. The lowest BCUT2D eigenvalue weighted by atomic mass is 10.1. The highest BCUT2D eigenvalue weighted by atomic mass is 19.2. The summed E-state index contributed by atoms with van der Waals surface area (Å²) in [5, 5.41) is 8.39. The lowest BCUT2D eigenvalue weighted by Gasteiger charge is -2.03. The normalized spacial score (nSPS) is 10.3. The molecule has 0 bridgehead atoms. The van der Waals surface area contributed by atoms with Crippen LogP contribution >= 0.6 is 0 Å². The van der Waals surface area contributed by atoms with Crippen molar-refractivity contribution >= 4 is 11.7 Å². The first kappa shape index (κ1) is 11.4. The Labute approximate surface area is 85.5 Å². The summed E-state index contributed by atoms with van der Waals surface area (Å²) in [7, 11) is 0. The van der Waals surface area contributed by atoms with Crippen molar-refractivity contribution in [1.29, 1.82) is 0 Å². The van der Waals surface area contributed by atoms with E-state index in [-0.39, 0.29) is 12.1 Å². The molecule has 82 valence electrons. The molecule has 3 N–H and O–H groups in total. The standard InChI is InChI=1S/C10H11F2NO2/c11-7-4-6(2-1-3-9(14)15)5-8(13)10(7)12/h4-5H,1-3,13H2,(H,14,15). The van der Waals surface area contributed by atoms with Gasteiger partial charge in [-0.25, -0.2) is 8.78 Å². The molecule has 15 heavy (non-hydrogen) atoms. The lowest BCUT2D eigenvalue weighted by Crippen LogP contribution is -1.99. The van der Waals surface area contributed by atoms with Gasteiger partial charge in [0, 0.05) is 6.42 Å². The maximum atomic E-state index is 12.9. The van der Waals surface area contributed by atoms with E-state index in [0.717, 1.165) is 6.07 Å². The molecule has 0 radical (unpaired) electrons. The Morgan fingerprint density at radius 1 is 1.40 bits per heavy atom. The number of aryl methyl sites for hydroxylation is 1. The number of carbonyl (C=O) groups is 1. The molecule has 1 rings (SSSR count). The number of benzene rings is 1. The van der Waals surface area contributed by atoms with E-state index in [1.54, 1.807) is 0 Å². The summed E-state index contributed by atoms with van der Waals surface area (Å²) in [6.07, 6.45) is 0.743. The van der Waals surface area contributed by atoms with E-state index in [0.29, 0.717) is 18.4 Å².